The molecule has 2 heterocycles. The molecule has 1 aromatic rings. The van der Waals surface area contributed by atoms with Crippen molar-refractivity contribution in [2.45, 2.75) is 25.6 Å². The molecule has 2 rings (SSSR count). The number of likely N-dealkylation sites (N-methyl/N-ethyl adjacent to an activating group) is 1. The maximum Gasteiger partial charge on any atom is 0.226 e. The molecular weight excluding hydrogens is 321 g/mol. The Morgan fingerprint density at radius 2 is 2.09 bits per heavy atom. The predicted octanol–water partition coefficient (Wildman–Crippen LogP) is 0.741. The highest BCUT2D eigenvalue weighted by atomic mass is 32.2. The fourth-order valence-corrected chi connectivity index (χ4v) is 3.50. The van der Waals surface area contributed by atoms with E-state index in [-0.39, 0.29) is 24.9 Å². The quantitative estimate of drug-likeness (QED) is 0.757. The molecule has 0 radical (unpaired) electrons. The highest BCUT2D eigenvalue weighted by Gasteiger charge is 2.35. The number of alkyl halides is 1. The molecule has 1 aliphatic rings. The van der Waals surface area contributed by atoms with Gasteiger partial charge in [0.25, 0.3) is 0 Å². The third kappa shape index (κ3) is 4.08. The number of hydrogen-bond acceptors (Lipinski definition) is 6. The largest absolute Gasteiger partial charge is 0.349 e. The van der Waals surface area contributed by atoms with Crippen LogP contribution in [-0.4, -0.2) is 74.9 Å². The van der Waals surface area contributed by atoms with Gasteiger partial charge in [0.2, 0.25) is 16.0 Å². The van der Waals surface area contributed by atoms with Crippen LogP contribution in [0.4, 0.5) is 16.2 Å². The zero-order valence-electron chi connectivity index (χ0n) is 14.0. The smallest absolute Gasteiger partial charge is 0.226 e. The van der Waals surface area contributed by atoms with Gasteiger partial charge in [0, 0.05) is 46.3 Å². The van der Waals surface area contributed by atoms with Crippen molar-refractivity contribution in [3.05, 3.63) is 12.3 Å². The van der Waals surface area contributed by atoms with Gasteiger partial charge in [0.05, 0.1) is 12.3 Å². The van der Waals surface area contributed by atoms with E-state index < -0.39 is 16.2 Å². The van der Waals surface area contributed by atoms with Crippen LogP contribution in [0, 0.1) is 0 Å². The molecule has 23 heavy (non-hydrogen) atoms. The summed E-state index contributed by atoms with van der Waals surface area (Å²) < 4.78 is 39.1. The van der Waals surface area contributed by atoms with Crippen LogP contribution in [0.3, 0.4) is 0 Å². The fourth-order valence-electron chi connectivity index (χ4n) is 2.66. The number of sulfonamides is 1. The van der Waals surface area contributed by atoms with Crippen LogP contribution in [0.25, 0.3) is 0 Å². The van der Waals surface area contributed by atoms with Gasteiger partial charge < -0.3 is 9.80 Å². The molecule has 0 unspecified atom stereocenters. The molecule has 0 bridgehead atoms. The standard InChI is InChI=1S/C14H24FN5O2S/c1-5-23(21,22)19(4)10-12-8-11(15)9-20(12)13-6-7-16-14(17-13)18(2)3/h6-7,11-12H,5,8-10H2,1-4H3/t11-,12-/m0/s1. The van der Waals surface area contributed by atoms with E-state index >= 15 is 0 Å². The Balaban J connectivity index is 2.21. The molecule has 0 aliphatic carbocycles. The minimum atomic E-state index is -3.29. The van der Waals surface area contributed by atoms with E-state index in [9.17, 15) is 12.8 Å². The molecule has 1 aliphatic heterocycles. The molecule has 9 heteroatoms. The summed E-state index contributed by atoms with van der Waals surface area (Å²) in [5, 5.41) is 0. The first-order chi connectivity index (χ1) is 10.7. The molecule has 1 fully saturated rings. The lowest BCUT2D eigenvalue weighted by atomic mass is 10.2. The van der Waals surface area contributed by atoms with E-state index in [2.05, 4.69) is 9.97 Å². The molecule has 1 aromatic heterocycles. The Labute approximate surface area is 137 Å². The van der Waals surface area contributed by atoms with Crippen LogP contribution in [-0.2, 0) is 10.0 Å². The fraction of sp³-hybridized carbons (Fsp3) is 0.714. The van der Waals surface area contributed by atoms with Gasteiger partial charge in [-0.2, -0.15) is 4.98 Å². The molecule has 130 valence electrons. The molecule has 0 saturated carbocycles. The molecule has 0 amide bonds. The van der Waals surface area contributed by atoms with Crippen molar-refractivity contribution >= 4 is 21.8 Å². The lowest BCUT2D eigenvalue weighted by molar-refractivity contribution is 0.346. The molecule has 2 atom stereocenters. The Kier molecular flexibility index (Phi) is 5.41. The van der Waals surface area contributed by atoms with Crippen LogP contribution in [0.5, 0.6) is 0 Å². The van der Waals surface area contributed by atoms with Crippen LogP contribution in [0.15, 0.2) is 12.3 Å². The second-order valence-corrected chi connectivity index (χ2v) is 8.29. The zero-order chi connectivity index (χ0) is 17.2. The van der Waals surface area contributed by atoms with Gasteiger partial charge >= 0.3 is 0 Å². The summed E-state index contributed by atoms with van der Waals surface area (Å²) in [7, 11) is 1.92. The molecule has 7 nitrogen and oxygen atoms in total. The third-order valence-electron chi connectivity index (χ3n) is 3.99. The summed E-state index contributed by atoms with van der Waals surface area (Å²) >= 11 is 0. The monoisotopic (exact) mass is 345 g/mol. The summed E-state index contributed by atoms with van der Waals surface area (Å²) in [5.41, 5.74) is 0. The van der Waals surface area contributed by atoms with Gasteiger partial charge in [-0.1, -0.05) is 0 Å². The second-order valence-electron chi connectivity index (χ2n) is 5.93. The molecular formula is C14H24FN5O2S. The third-order valence-corrected chi connectivity index (χ3v) is 5.82. The van der Waals surface area contributed by atoms with Crippen LogP contribution < -0.4 is 9.80 Å². The minimum absolute atomic E-state index is 0.0353. The van der Waals surface area contributed by atoms with Gasteiger partial charge in [0.1, 0.15) is 12.0 Å². The molecule has 0 spiro atoms. The predicted molar refractivity (Wildman–Crippen MR) is 89.1 cm³/mol. The average molecular weight is 345 g/mol. The van der Waals surface area contributed by atoms with E-state index in [4.69, 9.17) is 0 Å². The van der Waals surface area contributed by atoms with Crippen molar-refractivity contribution < 1.29 is 12.8 Å². The lowest BCUT2D eigenvalue weighted by Gasteiger charge is -2.29. The number of aromatic nitrogens is 2. The van der Waals surface area contributed by atoms with Gasteiger partial charge in [0.15, 0.2) is 0 Å². The topological polar surface area (TPSA) is 69.6 Å². The van der Waals surface area contributed by atoms with Crippen molar-refractivity contribution in [2.75, 3.05) is 49.8 Å². The second kappa shape index (κ2) is 6.96. The Bertz CT molecular complexity index is 640. The van der Waals surface area contributed by atoms with Crippen LogP contribution in [0.2, 0.25) is 0 Å². The molecule has 0 N–H and O–H groups in total. The van der Waals surface area contributed by atoms with Gasteiger partial charge in [-0.15, -0.1) is 0 Å². The number of rotatable bonds is 6. The first kappa shape index (κ1) is 17.9. The van der Waals surface area contributed by atoms with Crippen LogP contribution >= 0.6 is 0 Å². The SMILES string of the molecule is CCS(=O)(=O)N(C)C[C@@H]1C[C@H](F)CN1c1ccnc(N(C)C)n1. The minimum Gasteiger partial charge on any atom is -0.349 e. The van der Waals surface area contributed by atoms with E-state index in [0.717, 1.165) is 0 Å². The Hall–Kier alpha value is -1.48. The maximum atomic E-state index is 13.9. The Morgan fingerprint density at radius 3 is 2.70 bits per heavy atom. The van der Waals surface area contributed by atoms with Gasteiger partial charge in [-0.3, -0.25) is 0 Å². The summed E-state index contributed by atoms with van der Waals surface area (Å²) in [4.78, 5) is 12.2. The summed E-state index contributed by atoms with van der Waals surface area (Å²) in [5.74, 6) is 1.20. The normalized spacial score (nSPS) is 21.9. The summed E-state index contributed by atoms with van der Waals surface area (Å²) in [6, 6.07) is 1.49. The number of hydrogen-bond donors (Lipinski definition) is 0. The summed E-state index contributed by atoms with van der Waals surface area (Å²) in [6.07, 6.45) is 0.938. The number of halogens is 1. The van der Waals surface area contributed by atoms with E-state index in [0.29, 0.717) is 18.2 Å². The zero-order valence-corrected chi connectivity index (χ0v) is 14.8. The highest BCUT2D eigenvalue weighted by Crippen LogP contribution is 2.27. The van der Waals surface area contributed by atoms with E-state index in [1.807, 2.05) is 19.0 Å². The van der Waals surface area contributed by atoms with Crippen molar-refractivity contribution in [3.8, 4) is 0 Å². The van der Waals surface area contributed by atoms with Crippen molar-refractivity contribution in [2.24, 2.45) is 0 Å². The number of nitrogens with zero attached hydrogens (tertiary/aromatic N) is 5. The van der Waals surface area contributed by atoms with Crippen molar-refractivity contribution in [3.63, 3.8) is 0 Å². The highest BCUT2D eigenvalue weighted by molar-refractivity contribution is 7.89. The summed E-state index contributed by atoms with van der Waals surface area (Å²) in [6.45, 7) is 2.07. The Morgan fingerprint density at radius 1 is 1.39 bits per heavy atom. The first-order valence-electron chi connectivity index (χ1n) is 7.59. The van der Waals surface area contributed by atoms with E-state index in [1.165, 1.54) is 11.4 Å². The van der Waals surface area contributed by atoms with Gasteiger partial charge in [-0.25, -0.2) is 22.1 Å². The molecule has 1 saturated heterocycles. The average Bonchev–Trinajstić information content (AvgIpc) is 2.87. The van der Waals surface area contributed by atoms with Crippen molar-refractivity contribution in [1.82, 2.24) is 14.3 Å². The van der Waals surface area contributed by atoms with E-state index in [1.54, 1.807) is 24.1 Å². The lowest BCUT2D eigenvalue weighted by Crippen LogP contribution is -2.42. The maximum absolute atomic E-state index is 13.9. The van der Waals surface area contributed by atoms with Crippen molar-refractivity contribution in [1.29, 1.82) is 0 Å². The van der Waals surface area contributed by atoms with Crippen LogP contribution in [0.1, 0.15) is 13.3 Å². The van der Waals surface area contributed by atoms with Gasteiger partial charge in [-0.05, 0) is 13.0 Å². The molecule has 0 aromatic carbocycles. The first-order valence-corrected chi connectivity index (χ1v) is 9.20. The number of anilines is 2.